The molecule has 0 aromatic heterocycles. The van der Waals surface area contributed by atoms with Gasteiger partial charge in [-0.05, 0) is 37.3 Å². The molecular weight excluding hydrogens is 250 g/mol. The number of carbonyl (C=O) groups is 1. The molecule has 0 heterocycles. The van der Waals surface area contributed by atoms with Crippen molar-refractivity contribution in [2.45, 2.75) is 31.8 Å². The van der Waals surface area contributed by atoms with E-state index in [1.54, 1.807) is 0 Å². The fraction of sp³-hybridized carbons (Fsp3) is 0.500. The van der Waals surface area contributed by atoms with E-state index in [1.807, 2.05) is 31.2 Å². The number of methoxy groups -OCH3 is 1. The Labute approximate surface area is 112 Å². The molecule has 4 heteroatoms. The molecule has 1 N–H and O–H groups in total. The highest BCUT2D eigenvalue weighted by Gasteiger charge is 2.37. The average Bonchev–Trinajstić information content (AvgIpc) is 3.19. The van der Waals surface area contributed by atoms with Crippen LogP contribution in [0, 0.1) is 5.92 Å². The monoisotopic (exact) mass is 267 g/mol. The second kappa shape index (κ2) is 5.72. The number of hydrogen-bond acceptors (Lipinski definition) is 3. The second-order valence-electron chi connectivity index (χ2n) is 4.75. The molecule has 2 rings (SSSR count). The van der Waals surface area contributed by atoms with Gasteiger partial charge in [-0.25, -0.2) is 0 Å². The quantitative estimate of drug-likeness (QED) is 0.834. The van der Waals surface area contributed by atoms with E-state index >= 15 is 0 Å². The van der Waals surface area contributed by atoms with Crippen LogP contribution in [0.4, 0.5) is 0 Å². The van der Waals surface area contributed by atoms with Gasteiger partial charge >= 0.3 is 5.97 Å². The number of benzene rings is 1. The van der Waals surface area contributed by atoms with Crippen molar-refractivity contribution >= 4 is 17.6 Å². The number of nitrogens with one attached hydrogen (secondary N) is 1. The van der Waals surface area contributed by atoms with Gasteiger partial charge < -0.3 is 4.74 Å². The predicted octanol–water partition coefficient (Wildman–Crippen LogP) is 2.94. The van der Waals surface area contributed by atoms with Crippen LogP contribution in [-0.2, 0) is 9.53 Å². The zero-order valence-corrected chi connectivity index (χ0v) is 11.4. The van der Waals surface area contributed by atoms with Crippen LogP contribution >= 0.6 is 11.6 Å². The summed E-state index contributed by atoms with van der Waals surface area (Å²) in [5.74, 6) is 0.221. The Hall–Kier alpha value is -1.06. The number of rotatable bonds is 5. The largest absolute Gasteiger partial charge is 0.468 e. The molecule has 0 aliphatic heterocycles. The van der Waals surface area contributed by atoms with Crippen LogP contribution in [-0.4, -0.2) is 19.1 Å². The van der Waals surface area contributed by atoms with E-state index in [0.717, 1.165) is 23.4 Å². The van der Waals surface area contributed by atoms with Gasteiger partial charge in [-0.1, -0.05) is 29.8 Å². The molecular formula is C14H18ClNO2. The number of hydrogen-bond donors (Lipinski definition) is 1. The maximum atomic E-state index is 11.7. The third kappa shape index (κ3) is 3.03. The Balaban J connectivity index is 2.07. The van der Waals surface area contributed by atoms with Gasteiger partial charge in [-0.15, -0.1) is 0 Å². The lowest BCUT2D eigenvalue weighted by molar-refractivity contribution is -0.144. The summed E-state index contributed by atoms with van der Waals surface area (Å²) in [5.41, 5.74) is 1.01. The van der Waals surface area contributed by atoms with E-state index in [4.69, 9.17) is 16.3 Å². The van der Waals surface area contributed by atoms with E-state index in [9.17, 15) is 4.79 Å². The third-order valence-electron chi connectivity index (χ3n) is 3.35. The summed E-state index contributed by atoms with van der Waals surface area (Å²) in [4.78, 5) is 11.7. The number of carbonyl (C=O) groups excluding carboxylic acids is 1. The predicted molar refractivity (Wildman–Crippen MR) is 71.5 cm³/mol. The van der Waals surface area contributed by atoms with Crippen LogP contribution in [0.15, 0.2) is 24.3 Å². The Kier molecular flexibility index (Phi) is 4.25. The first-order chi connectivity index (χ1) is 8.63. The summed E-state index contributed by atoms with van der Waals surface area (Å²) in [5, 5.41) is 4.05. The average molecular weight is 268 g/mol. The van der Waals surface area contributed by atoms with Crippen molar-refractivity contribution in [3.63, 3.8) is 0 Å². The van der Waals surface area contributed by atoms with E-state index in [2.05, 4.69) is 5.32 Å². The van der Waals surface area contributed by atoms with Crippen LogP contribution in [0.5, 0.6) is 0 Å². The summed E-state index contributed by atoms with van der Waals surface area (Å²) >= 11 is 6.16. The fourth-order valence-electron chi connectivity index (χ4n) is 2.14. The molecule has 1 aliphatic carbocycles. The summed E-state index contributed by atoms with van der Waals surface area (Å²) in [6.07, 6.45) is 2.17. The molecule has 3 nitrogen and oxygen atoms in total. The van der Waals surface area contributed by atoms with E-state index in [-0.39, 0.29) is 18.1 Å². The zero-order valence-electron chi connectivity index (χ0n) is 10.7. The topological polar surface area (TPSA) is 38.3 Å². The van der Waals surface area contributed by atoms with E-state index < -0.39 is 0 Å². The van der Waals surface area contributed by atoms with Crippen molar-refractivity contribution in [2.24, 2.45) is 5.92 Å². The molecule has 1 aromatic carbocycles. The van der Waals surface area contributed by atoms with Crippen LogP contribution < -0.4 is 5.32 Å². The standard InChI is InChI=1S/C14H18ClNO2/c1-9(11-5-3-4-6-12(11)15)16-13(10-7-8-10)14(17)18-2/h3-6,9-10,13,16H,7-8H2,1-2H3/t9-,13?/m1/s1. The minimum absolute atomic E-state index is 0.0309. The molecule has 0 radical (unpaired) electrons. The maximum Gasteiger partial charge on any atom is 0.323 e. The first-order valence-electron chi connectivity index (χ1n) is 6.21. The van der Waals surface area contributed by atoms with Gasteiger partial charge in [-0.2, -0.15) is 0 Å². The Morgan fingerprint density at radius 3 is 2.67 bits per heavy atom. The highest BCUT2D eigenvalue weighted by Crippen LogP contribution is 2.34. The smallest absolute Gasteiger partial charge is 0.323 e. The molecule has 0 spiro atoms. The minimum atomic E-state index is -0.221. The first-order valence-corrected chi connectivity index (χ1v) is 6.59. The summed E-state index contributed by atoms with van der Waals surface area (Å²) in [7, 11) is 1.43. The molecule has 1 aromatic rings. The molecule has 18 heavy (non-hydrogen) atoms. The lowest BCUT2D eigenvalue weighted by Gasteiger charge is -2.22. The fourth-order valence-corrected chi connectivity index (χ4v) is 2.44. The first kappa shape index (κ1) is 13.4. The van der Waals surface area contributed by atoms with Crippen LogP contribution in [0.1, 0.15) is 31.4 Å². The number of esters is 1. The van der Waals surface area contributed by atoms with Gasteiger partial charge in [0.2, 0.25) is 0 Å². The van der Waals surface area contributed by atoms with Crippen molar-refractivity contribution in [3.8, 4) is 0 Å². The van der Waals surface area contributed by atoms with Crippen LogP contribution in [0.3, 0.4) is 0 Å². The minimum Gasteiger partial charge on any atom is -0.468 e. The van der Waals surface area contributed by atoms with Gasteiger partial charge in [-0.3, -0.25) is 10.1 Å². The van der Waals surface area contributed by atoms with Gasteiger partial charge in [0.15, 0.2) is 0 Å². The van der Waals surface area contributed by atoms with Crippen LogP contribution in [0.2, 0.25) is 5.02 Å². The number of ether oxygens (including phenoxy) is 1. The Bertz CT molecular complexity index is 432. The van der Waals surface area contributed by atoms with E-state index in [1.165, 1.54) is 7.11 Å². The maximum absolute atomic E-state index is 11.7. The molecule has 2 atom stereocenters. The van der Waals surface area contributed by atoms with Gasteiger partial charge in [0.05, 0.1) is 7.11 Å². The number of halogens is 1. The Morgan fingerprint density at radius 2 is 2.11 bits per heavy atom. The molecule has 98 valence electrons. The SMILES string of the molecule is COC(=O)C(N[C@H](C)c1ccccc1Cl)C1CC1. The van der Waals surface area contributed by atoms with Gasteiger partial charge in [0, 0.05) is 11.1 Å². The van der Waals surface area contributed by atoms with Crippen molar-refractivity contribution in [1.82, 2.24) is 5.32 Å². The molecule has 1 aliphatic rings. The van der Waals surface area contributed by atoms with Gasteiger partial charge in [0.1, 0.15) is 6.04 Å². The second-order valence-corrected chi connectivity index (χ2v) is 5.16. The normalized spacial score (nSPS) is 18.2. The Morgan fingerprint density at radius 1 is 1.44 bits per heavy atom. The third-order valence-corrected chi connectivity index (χ3v) is 3.69. The molecule has 1 fully saturated rings. The molecule has 1 saturated carbocycles. The molecule has 0 saturated heterocycles. The lowest BCUT2D eigenvalue weighted by atomic mass is 10.1. The molecule has 1 unspecified atom stereocenters. The highest BCUT2D eigenvalue weighted by atomic mass is 35.5. The zero-order chi connectivity index (χ0) is 13.1. The van der Waals surface area contributed by atoms with Gasteiger partial charge in [0.25, 0.3) is 0 Å². The molecule has 0 amide bonds. The van der Waals surface area contributed by atoms with Crippen molar-refractivity contribution < 1.29 is 9.53 Å². The van der Waals surface area contributed by atoms with Crippen molar-refractivity contribution in [2.75, 3.05) is 7.11 Å². The van der Waals surface area contributed by atoms with Crippen molar-refractivity contribution in [3.05, 3.63) is 34.9 Å². The summed E-state index contributed by atoms with van der Waals surface area (Å²) < 4.78 is 4.85. The lowest BCUT2D eigenvalue weighted by Crippen LogP contribution is -2.40. The highest BCUT2D eigenvalue weighted by molar-refractivity contribution is 6.31. The van der Waals surface area contributed by atoms with Crippen molar-refractivity contribution in [1.29, 1.82) is 0 Å². The summed E-state index contributed by atoms with van der Waals surface area (Å²) in [6.45, 7) is 2.01. The van der Waals surface area contributed by atoms with Crippen LogP contribution in [0.25, 0.3) is 0 Å². The van der Waals surface area contributed by atoms with E-state index in [0.29, 0.717) is 5.92 Å². The molecule has 0 bridgehead atoms. The summed E-state index contributed by atoms with van der Waals surface area (Å²) in [6, 6.07) is 7.49.